The molecule has 1 aromatic carbocycles. The van der Waals surface area contributed by atoms with Crippen LogP contribution in [0.15, 0.2) is 42.7 Å². The summed E-state index contributed by atoms with van der Waals surface area (Å²) in [5.74, 6) is 1.15. The molecule has 1 aliphatic heterocycles. The summed E-state index contributed by atoms with van der Waals surface area (Å²) in [4.78, 5) is 24.5. The third-order valence-electron chi connectivity index (χ3n) is 4.97. The average Bonchev–Trinajstić information content (AvgIpc) is 2.83. The number of nitrogens with zero attached hydrogens (tertiary/aromatic N) is 3. The molecule has 1 unspecified atom stereocenters. The number of hydrogen-bond donors (Lipinski definition) is 2. The Morgan fingerprint density at radius 2 is 2.06 bits per heavy atom. The van der Waals surface area contributed by atoms with Gasteiger partial charge in [-0.1, -0.05) is 0 Å². The molecule has 0 saturated carbocycles. The van der Waals surface area contributed by atoms with E-state index in [4.69, 9.17) is 19.2 Å². The number of benzene rings is 1. The van der Waals surface area contributed by atoms with Crippen molar-refractivity contribution in [1.82, 2.24) is 20.3 Å². The summed E-state index contributed by atoms with van der Waals surface area (Å²) in [5.41, 5.74) is 3.24. The van der Waals surface area contributed by atoms with Crippen molar-refractivity contribution in [3.05, 3.63) is 42.7 Å². The van der Waals surface area contributed by atoms with Crippen LogP contribution in [-0.4, -0.2) is 66.5 Å². The molecular weight excluding hydrogens is 410 g/mol. The molecule has 2 aromatic heterocycles. The number of esters is 1. The molecule has 0 spiro atoms. The minimum atomic E-state index is -0.279. The molecule has 1 fully saturated rings. The lowest BCUT2D eigenvalue weighted by atomic mass is 10.1. The predicted octanol–water partition coefficient (Wildman–Crippen LogP) is 2.42. The van der Waals surface area contributed by atoms with E-state index in [1.807, 2.05) is 30.3 Å². The zero-order chi connectivity index (χ0) is 22.2. The molecule has 1 atom stereocenters. The van der Waals surface area contributed by atoms with Crippen LogP contribution in [0.25, 0.3) is 22.3 Å². The molecule has 1 saturated heterocycles. The van der Waals surface area contributed by atoms with Crippen molar-refractivity contribution in [1.29, 1.82) is 0 Å². The van der Waals surface area contributed by atoms with Gasteiger partial charge in [0.1, 0.15) is 11.3 Å². The van der Waals surface area contributed by atoms with E-state index in [1.54, 1.807) is 12.4 Å². The van der Waals surface area contributed by atoms with Crippen LogP contribution in [0.4, 0.5) is 5.82 Å². The van der Waals surface area contributed by atoms with Crippen molar-refractivity contribution in [3.63, 3.8) is 0 Å². The lowest BCUT2D eigenvalue weighted by Gasteiger charge is -2.24. The van der Waals surface area contributed by atoms with E-state index in [0.717, 1.165) is 41.1 Å². The molecule has 0 radical (unpaired) electrons. The van der Waals surface area contributed by atoms with E-state index in [1.165, 1.54) is 6.92 Å². The number of carbonyl (C=O) groups excluding carboxylic acids is 1. The fourth-order valence-corrected chi connectivity index (χ4v) is 3.39. The minimum absolute atomic E-state index is 0.0817. The van der Waals surface area contributed by atoms with Crippen molar-refractivity contribution >= 4 is 22.8 Å². The first-order valence-electron chi connectivity index (χ1n) is 10.7. The summed E-state index contributed by atoms with van der Waals surface area (Å²) in [6.07, 6.45) is 4.07. The first-order valence-corrected chi connectivity index (χ1v) is 10.7. The molecule has 9 nitrogen and oxygen atoms in total. The number of rotatable bonds is 9. The molecule has 0 amide bonds. The Kier molecular flexibility index (Phi) is 7.42. The van der Waals surface area contributed by atoms with Gasteiger partial charge in [-0.25, -0.2) is 9.97 Å². The van der Waals surface area contributed by atoms with E-state index < -0.39 is 0 Å². The first kappa shape index (κ1) is 21.9. The molecule has 0 bridgehead atoms. The van der Waals surface area contributed by atoms with Gasteiger partial charge in [0.2, 0.25) is 0 Å². The number of aromatic nitrogens is 3. The van der Waals surface area contributed by atoms with Crippen molar-refractivity contribution in [3.8, 4) is 17.0 Å². The number of anilines is 1. The molecule has 4 rings (SSSR count). The normalized spacial score (nSPS) is 16.0. The number of fused-ring (bicyclic) bond motifs is 1. The number of hydrogen-bond acceptors (Lipinski definition) is 9. The third kappa shape index (κ3) is 5.89. The highest BCUT2D eigenvalue weighted by Crippen LogP contribution is 2.27. The van der Waals surface area contributed by atoms with E-state index in [0.29, 0.717) is 38.6 Å². The third-order valence-corrected chi connectivity index (χ3v) is 4.97. The molecule has 3 heterocycles. The minimum Gasteiger partial charge on any atom is -0.493 e. The maximum absolute atomic E-state index is 10.8. The maximum atomic E-state index is 10.8. The zero-order valence-electron chi connectivity index (χ0n) is 18.0. The summed E-state index contributed by atoms with van der Waals surface area (Å²) in [5, 5.41) is 6.72. The first-order chi connectivity index (χ1) is 15.7. The summed E-state index contributed by atoms with van der Waals surface area (Å²) >= 11 is 0. The van der Waals surface area contributed by atoms with Gasteiger partial charge in [-0.2, -0.15) is 0 Å². The van der Waals surface area contributed by atoms with E-state index in [2.05, 4.69) is 20.6 Å². The van der Waals surface area contributed by atoms with Crippen molar-refractivity contribution in [2.75, 3.05) is 44.8 Å². The smallest absolute Gasteiger partial charge is 0.302 e. The van der Waals surface area contributed by atoms with Gasteiger partial charge in [0, 0.05) is 50.9 Å². The Balaban J connectivity index is 1.45. The Labute approximate surface area is 186 Å². The van der Waals surface area contributed by atoms with E-state index in [9.17, 15) is 4.79 Å². The van der Waals surface area contributed by atoms with Crippen molar-refractivity contribution in [2.45, 2.75) is 19.4 Å². The molecule has 3 aromatic rings. The SMILES string of the molecule is CC(=O)OCCCOc1ccc(-c2cc3nccnc3c(NCC3CNCCO3)n2)cc1. The van der Waals surface area contributed by atoms with Crippen LogP contribution in [0.5, 0.6) is 5.75 Å². The monoisotopic (exact) mass is 437 g/mol. The fourth-order valence-electron chi connectivity index (χ4n) is 3.39. The number of morpholine rings is 1. The average molecular weight is 438 g/mol. The number of carbonyl (C=O) groups is 1. The predicted molar refractivity (Wildman–Crippen MR) is 121 cm³/mol. The highest BCUT2D eigenvalue weighted by molar-refractivity contribution is 5.88. The van der Waals surface area contributed by atoms with Crippen molar-refractivity contribution < 1.29 is 19.0 Å². The second kappa shape index (κ2) is 10.8. The highest BCUT2D eigenvalue weighted by Gasteiger charge is 2.15. The number of ether oxygens (including phenoxy) is 3. The Hall–Kier alpha value is -3.30. The van der Waals surface area contributed by atoms with Crippen LogP contribution in [0.3, 0.4) is 0 Å². The van der Waals surface area contributed by atoms with Gasteiger partial charge in [-0.15, -0.1) is 0 Å². The molecular formula is C23H27N5O4. The summed E-state index contributed by atoms with van der Waals surface area (Å²) in [6, 6.07) is 9.66. The van der Waals surface area contributed by atoms with Crippen LogP contribution in [0.1, 0.15) is 13.3 Å². The van der Waals surface area contributed by atoms with Gasteiger partial charge < -0.3 is 24.8 Å². The molecule has 1 aliphatic rings. The maximum Gasteiger partial charge on any atom is 0.302 e. The molecule has 0 aliphatic carbocycles. The van der Waals surface area contributed by atoms with Crippen LogP contribution in [0.2, 0.25) is 0 Å². The van der Waals surface area contributed by atoms with Gasteiger partial charge in [-0.3, -0.25) is 9.78 Å². The summed E-state index contributed by atoms with van der Waals surface area (Å²) in [7, 11) is 0. The van der Waals surface area contributed by atoms with Crippen LogP contribution < -0.4 is 15.4 Å². The van der Waals surface area contributed by atoms with E-state index in [-0.39, 0.29) is 12.1 Å². The standard InChI is InChI=1S/C23H27N5O4/c1-16(29)30-10-2-11-31-18-5-3-17(4-6-18)20-13-21-22(26-8-7-25-21)23(28-20)27-15-19-14-24-9-12-32-19/h3-8,13,19,24H,2,9-12,14-15H2,1H3,(H,27,28). The molecule has 32 heavy (non-hydrogen) atoms. The van der Waals surface area contributed by atoms with Gasteiger partial charge in [-0.05, 0) is 30.3 Å². The lowest BCUT2D eigenvalue weighted by Crippen LogP contribution is -2.42. The van der Waals surface area contributed by atoms with Gasteiger partial charge in [0.05, 0.1) is 37.1 Å². The van der Waals surface area contributed by atoms with Gasteiger partial charge >= 0.3 is 5.97 Å². The van der Waals surface area contributed by atoms with E-state index >= 15 is 0 Å². The van der Waals surface area contributed by atoms with Crippen LogP contribution in [0, 0.1) is 0 Å². The molecule has 168 valence electrons. The lowest BCUT2D eigenvalue weighted by molar-refractivity contribution is -0.141. The molecule has 9 heteroatoms. The summed E-state index contributed by atoms with van der Waals surface area (Å²) in [6.45, 7) is 5.25. The number of nitrogens with one attached hydrogen (secondary N) is 2. The highest BCUT2D eigenvalue weighted by atomic mass is 16.5. The zero-order valence-corrected chi connectivity index (χ0v) is 18.0. The fraction of sp³-hybridized carbons (Fsp3) is 0.391. The number of pyridine rings is 1. The van der Waals surface area contributed by atoms with Gasteiger partial charge in [0.15, 0.2) is 5.82 Å². The second-order valence-corrected chi connectivity index (χ2v) is 7.42. The summed E-state index contributed by atoms with van der Waals surface area (Å²) < 4.78 is 16.4. The van der Waals surface area contributed by atoms with Crippen LogP contribution in [-0.2, 0) is 14.3 Å². The quantitative estimate of drug-likeness (QED) is 0.385. The Bertz CT molecular complexity index is 1040. The second-order valence-electron chi connectivity index (χ2n) is 7.42. The topological polar surface area (TPSA) is 107 Å². The van der Waals surface area contributed by atoms with Gasteiger partial charge in [0.25, 0.3) is 0 Å². The molecule has 2 N–H and O–H groups in total. The Morgan fingerprint density at radius 3 is 2.84 bits per heavy atom. The van der Waals surface area contributed by atoms with Crippen molar-refractivity contribution in [2.24, 2.45) is 0 Å². The largest absolute Gasteiger partial charge is 0.493 e. The Morgan fingerprint density at radius 1 is 1.22 bits per heavy atom. The van der Waals surface area contributed by atoms with Crippen LogP contribution >= 0.6 is 0 Å².